The molecule has 2 aliphatic rings. The maximum Gasteiger partial charge on any atom is 0.326 e. The smallest absolute Gasteiger partial charge is 0.326 e. The first-order valence-corrected chi connectivity index (χ1v) is 9.73. The van der Waals surface area contributed by atoms with Crippen molar-refractivity contribution in [3.8, 4) is 5.75 Å². The van der Waals surface area contributed by atoms with Crippen molar-refractivity contribution >= 4 is 29.1 Å². The van der Waals surface area contributed by atoms with Gasteiger partial charge in [0.05, 0.1) is 18.2 Å². The van der Waals surface area contributed by atoms with Crippen molar-refractivity contribution < 1.29 is 14.3 Å². The highest BCUT2D eigenvalue weighted by Crippen LogP contribution is 2.50. The molecule has 24 heavy (non-hydrogen) atoms. The third kappa shape index (κ3) is 2.56. The molecule has 4 rings (SSSR count). The number of ether oxygens (including phenoxy) is 2. The predicted octanol–water partition coefficient (Wildman–Crippen LogP) is 2.72. The number of nitrogens with zero attached hydrogens (tertiary/aromatic N) is 1. The Bertz CT molecular complexity index is 841. The van der Waals surface area contributed by atoms with Crippen LogP contribution in [-0.4, -0.2) is 29.5 Å². The minimum Gasteiger partial charge on any atom is -0.493 e. The molecule has 2 unspecified atom stereocenters. The quantitative estimate of drug-likeness (QED) is 0.785. The molecule has 2 aliphatic heterocycles. The van der Waals surface area contributed by atoms with Crippen LogP contribution in [0.3, 0.4) is 0 Å². The van der Waals surface area contributed by atoms with Crippen LogP contribution >= 0.6 is 23.1 Å². The number of fused-ring (bicyclic) bond motifs is 5. The zero-order valence-electron chi connectivity index (χ0n) is 13.2. The Hall–Kier alpha value is -1.73. The van der Waals surface area contributed by atoms with Crippen molar-refractivity contribution in [3.63, 3.8) is 0 Å². The summed E-state index contributed by atoms with van der Waals surface area (Å²) in [6.45, 7) is 2.74. The largest absolute Gasteiger partial charge is 0.493 e. The SMILES string of the molecule is CCOC(=O)Cn1c2c(sc1=O)C1c3ccccc3OCC1CS2. The molecule has 0 bridgehead atoms. The van der Waals surface area contributed by atoms with Crippen molar-refractivity contribution in [1.82, 2.24) is 4.57 Å². The van der Waals surface area contributed by atoms with Crippen LogP contribution < -0.4 is 9.61 Å². The van der Waals surface area contributed by atoms with Crippen LogP contribution in [0.2, 0.25) is 0 Å². The van der Waals surface area contributed by atoms with Crippen LogP contribution in [0.4, 0.5) is 0 Å². The number of thioether (sulfide) groups is 1. The number of hydrogen-bond acceptors (Lipinski definition) is 6. The van der Waals surface area contributed by atoms with E-state index in [4.69, 9.17) is 9.47 Å². The molecule has 3 heterocycles. The van der Waals surface area contributed by atoms with Gasteiger partial charge in [0.1, 0.15) is 12.3 Å². The Morgan fingerprint density at radius 2 is 2.25 bits per heavy atom. The van der Waals surface area contributed by atoms with Crippen molar-refractivity contribution in [2.24, 2.45) is 5.92 Å². The number of para-hydroxylation sites is 1. The molecule has 0 fully saturated rings. The van der Waals surface area contributed by atoms with Gasteiger partial charge in [-0.3, -0.25) is 14.2 Å². The van der Waals surface area contributed by atoms with Crippen LogP contribution in [0, 0.1) is 5.92 Å². The highest BCUT2D eigenvalue weighted by molar-refractivity contribution is 7.99. The Morgan fingerprint density at radius 3 is 3.08 bits per heavy atom. The number of carbonyl (C=O) groups is 1. The van der Waals surface area contributed by atoms with Crippen LogP contribution in [-0.2, 0) is 16.1 Å². The van der Waals surface area contributed by atoms with Crippen molar-refractivity contribution in [2.75, 3.05) is 19.0 Å². The van der Waals surface area contributed by atoms with Crippen LogP contribution in [0.25, 0.3) is 0 Å². The van der Waals surface area contributed by atoms with Gasteiger partial charge in [0.25, 0.3) is 0 Å². The molecular formula is C17H17NO4S2. The Morgan fingerprint density at radius 1 is 1.42 bits per heavy atom. The van der Waals surface area contributed by atoms with Gasteiger partial charge >= 0.3 is 10.8 Å². The molecule has 0 radical (unpaired) electrons. The fourth-order valence-electron chi connectivity index (χ4n) is 3.33. The summed E-state index contributed by atoms with van der Waals surface area (Å²) < 4.78 is 12.4. The number of carbonyl (C=O) groups excluding carboxylic acids is 1. The second kappa shape index (κ2) is 6.29. The molecule has 0 spiro atoms. The zero-order valence-corrected chi connectivity index (χ0v) is 14.8. The Kier molecular flexibility index (Phi) is 4.14. The van der Waals surface area contributed by atoms with Crippen LogP contribution in [0.5, 0.6) is 5.75 Å². The number of aromatic nitrogens is 1. The summed E-state index contributed by atoms with van der Waals surface area (Å²) in [5.74, 6) is 1.94. The van der Waals surface area contributed by atoms with Crippen LogP contribution in [0.15, 0.2) is 34.1 Å². The molecular weight excluding hydrogens is 346 g/mol. The highest BCUT2D eigenvalue weighted by atomic mass is 32.2. The Balaban J connectivity index is 1.77. The summed E-state index contributed by atoms with van der Waals surface area (Å²) in [4.78, 5) is 25.2. The summed E-state index contributed by atoms with van der Waals surface area (Å²) >= 11 is 2.89. The monoisotopic (exact) mass is 363 g/mol. The van der Waals surface area contributed by atoms with E-state index in [-0.39, 0.29) is 23.3 Å². The molecule has 126 valence electrons. The molecule has 2 aromatic rings. The van der Waals surface area contributed by atoms with Gasteiger partial charge in [-0.05, 0) is 13.0 Å². The average Bonchev–Trinajstić information content (AvgIpc) is 2.90. The number of hydrogen-bond donors (Lipinski definition) is 0. The van der Waals surface area contributed by atoms with E-state index in [9.17, 15) is 9.59 Å². The van der Waals surface area contributed by atoms with E-state index in [1.165, 1.54) is 11.3 Å². The van der Waals surface area contributed by atoms with Crippen molar-refractivity contribution in [2.45, 2.75) is 24.4 Å². The first-order valence-electron chi connectivity index (χ1n) is 7.92. The summed E-state index contributed by atoms with van der Waals surface area (Å²) in [5.41, 5.74) is 1.14. The standard InChI is InChI=1S/C17H17NO4S2/c1-2-21-13(19)7-18-16-15(24-17(18)20)14-10(9-23-16)8-22-12-6-4-3-5-11(12)14/h3-6,10,14H,2,7-9H2,1H3. The molecule has 7 heteroatoms. The summed E-state index contributed by atoms with van der Waals surface area (Å²) in [5, 5.41) is 0.913. The second-order valence-corrected chi connectivity index (χ2v) is 7.83. The van der Waals surface area contributed by atoms with Crippen molar-refractivity contribution in [1.29, 1.82) is 0 Å². The van der Waals surface area contributed by atoms with Gasteiger partial charge in [-0.15, -0.1) is 11.8 Å². The Labute approximate surface area is 147 Å². The van der Waals surface area contributed by atoms with E-state index >= 15 is 0 Å². The maximum atomic E-state index is 12.5. The minimum atomic E-state index is -0.365. The van der Waals surface area contributed by atoms with E-state index in [2.05, 4.69) is 6.07 Å². The molecule has 1 aromatic heterocycles. The molecule has 2 atom stereocenters. The lowest BCUT2D eigenvalue weighted by atomic mass is 9.84. The van der Waals surface area contributed by atoms with E-state index in [1.54, 1.807) is 23.3 Å². The van der Waals surface area contributed by atoms with E-state index < -0.39 is 0 Å². The van der Waals surface area contributed by atoms with Gasteiger partial charge in [0, 0.05) is 28.0 Å². The predicted molar refractivity (Wildman–Crippen MR) is 93.2 cm³/mol. The number of esters is 1. The fourth-order valence-corrected chi connectivity index (χ4v) is 6.02. The first-order chi connectivity index (χ1) is 11.7. The molecule has 0 aliphatic carbocycles. The fraction of sp³-hybridized carbons (Fsp3) is 0.412. The molecule has 5 nitrogen and oxygen atoms in total. The van der Waals surface area contributed by atoms with Gasteiger partial charge in [-0.1, -0.05) is 29.5 Å². The van der Waals surface area contributed by atoms with E-state index in [0.717, 1.165) is 27.0 Å². The molecule has 0 saturated heterocycles. The third-order valence-corrected chi connectivity index (χ3v) is 6.86. The van der Waals surface area contributed by atoms with E-state index in [0.29, 0.717) is 19.1 Å². The lowest BCUT2D eigenvalue weighted by Crippen LogP contribution is -2.31. The number of thiazole rings is 1. The second-order valence-electron chi connectivity index (χ2n) is 5.83. The maximum absolute atomic E-state index is 12.5. The van der Waals surface area contributed by atoms with Gasteiger partial charge < -0.3 is 9.47 Å². The first kappa shape index (κ1) is 15.8. The topological polar surface area (TPSA) is 57.5 Å². The highest BCUT2D eigenvalue weighted by Gasteiger charge is 2.39. The molecule has 1 aromatic carbocycles. The average molecular weight is 363 g/mol. The van der Waals surface area contributed by atoms with Gasteiger partial charge in [0.15, 0.2) is 0 Å². The number of rotatable bonds is 3. The lowest BCUT2D eigenvalue weighted by Gasteiger charge is -2.36. The molecule has 0 N–H and O–H groups in total. The molecule has 0 amide bonds. The summed E-state index contributed by atoms with van der Waals surface area (Å²) in [6, 6.07) is 8.02. The van der Waals surface area contributed by atoms with Gasteiger partial charge in [-0.2, -0.15) is 0 Å². The minimum absolute atomic E-state index is 0.0129. The number of benzene rings is 1. The lowest BCUT2D eigenvalue weighted by molar-refractivity contribution is -0.144. The third-order valence-electron chi connectivity index (χ3n) is 4.36. The summed E-state index contributed by atoms with van der Waals surface area (Å²) in [7, 11) is 0. The zero-order chi connectivity index (χ0) is 16.7. The van der Waals surface area contributed by atoms with E-state index in [1.807, 2.05) is 18.2 Å². The van der Waals surface area contributed by atoms with Crippen LogP contribution in [0.1, 0.15) is 23.3 Å². The molecule has 0 saturated carbocycles. The van der Waals surface area contributed by atoms with Gasteiger partial charge in [-0.25, -0.2) is 0 Å². The summed E-state index contributed by atoms with van der Waals surface area (Å²) in [6.07, 6.45) is 0. The van der Waals surface area contributed by atoms with Gasteiger partial charge in [0.2, 0.25) is 0 Å². The normalized spacial score (nSPS) is 21.2. The van der Waals surface area contributed by atoms with Crippen molar-refractivity contribution in [3.05, 3.63) is 44.4 Å².